The zero-order valence-corrected chi connectivity index (χ0v) is 14.6. The van der Waals surface area contributed by atoms with Crippen LogP contribution in [0.25, 0.3) is 0 Å². The molecule has 3 nitrogen and oxygen atoms in total. The van der Waals surface area contributed by atoms with Gasteiger partial charge in [0.2, 0.25) is 5.91 Å². The third-order valence-corrected chi connectivity index (χ3v) is 4.59. The van der Waals surface area contributed by atoms with E-state index in [0.717, 1.165) is 37.8 Å². The Balaban J connectivity index is 0.00000288. The van der Waals surface area contributed by atoms with Gasteiger partial charge in [0.25, 0.3) is 0 Å². The van der Waals surface area contributed by atoms with Crippen molar-refractivity contribution in [3.63, 3.8) is 0 Å². The molecule has 2 rings (SSSR count). The molecule has 1 aliphatic rings. The molecule has 0 spiro atoms. The molecule has 1 aromatic carbocycles. The summed E-state index contributed by atoms with van der Waals surface area (Å²) in [6.45, 7) is 3.29. The number of benzene rings is 1. The molecule has 1 fully saturated rings. The minimum atomic E-state index is -4.41. The Hall–Kier alpha value is -1.27. The molecule has 24 heavy (non-hydrogen) atoms. The number of amides is 1. The zero-order chi connectivity index (χ0) is 17.3. The van der Waals surface area contributed by atoms with Crippen molar-refractivity contribution in [3.8, 4) is 0 Å². The summed E-state index contributed by atoms with van der Waals surface area (Å²) < 4.78 is 38.6. The van der Waals surface area contributed by atoms with Crippen LogP contribution in [-0.4, -0.2) is 18.0 Å². The van der Waals surface area contributed by atoms with E-state index >= 15 is 0 Å². The molecule has 136 valence electrons. The minimum Gasteiger partial charge on any atom is -0.353 e. The third kappa shape index (κ3) is 4.86. The molecular formula is C17H24ClF3N2O. The summed E-state index contributed by atoms with van der Waals surface area (Å²) in [7, 11) is 0. The predicted molar refractivity (Wildman–Crippen MR) is 90.1 cm³/mol. The molecule has 0 bridgehead atoms. The van der Waals surface area contributed by atoms with E-state index in [9.17, 15) is 18.0 Å². The van der Waals surface area contributed by atoms with Gasteiger partial charge in [-0.15, -0.1) is 12.4 Å². The summed E-state index contributed by atoms with van der Waals surface area (Å²) >= 11 is 0. The fourth-order valence-corrected chi connectivity index (χ4v) is 2.84. The first-order chi connectivity index (χ1) is 10.6. The SMILES string of the molecule is CC(C)(C(=O)NC1CCC(N)CC1)c1cccc(C(F)(F)F)c1.Cl. The molecule has 1 aromatic rings. The number of hydrogen-bond donors (Lipinski definition) is 2. The van der Waals surface area contributed by atoms with Crippen LogP contribution in [0.5, 0.6) is 0 Å². The van der Waals surface area contributed by atoms with E-state index in [4.69, 9.17) is 5.73 Å². The molecule has 1 aliphatic carbocycles. The van der Waals surface area contributed by atoms with E-state index in [1.807, 2.05) is 0 Å². The summed E-state index contributed by atoms with van der Waals surface area (Å²) in [5.74, 6) is -0.253. The lowest BCUT2D eigenvalue weighted by molar-refractivity contribution is -0.138. The van der Waals surface area contributed by atoms with Gasteiger partial charge in [-0.25, -0.2) is 0 Å². The second kappa shape index (κ2) is 7.74. The molecule has 0 radical (unpaired) electrons. The van der Waals surface area contributed by atoms with Gasteiger partial charge in [-0.2, -0.15) is 13.2 Å². The van der Waals surface area contributed by atoms with Crippen LogP contribution in [0.2, 0.25) is 0 Å². The molecular weight excluding hydrogens is 341 g/mol. The second-order valence-electron chi connectivity index (χ2n) is 6.79. The second-order valence-corrected chi connectivity index (χ2v) is 6.79. The molecule has 0 heterocycles. The Morgan fingerprint density at radius 3 is 2.21 bits per heavy atom. The van der Waals surface area contributed by atoms with Crippen molar-refractivity contribution in [2.45, 2.75) is 63.2 Å². The van der Waals surface area contributed by atoms with Crippen LogP contribution in [0.3, 0.4) is 0 Å². The highest BCUT2D eigenvalue weighted by molar-refractivity contribution is 5.87. The normalized spacial score (nSPS) is 21.8. The van der Waals surface area contributed by atoms with Crippen molar-refractivity contribution >= 4 is 18.3 Å². The molecule has 0 unspecified atom stereocenters. The number of alkyl halides is 3. The van der Waals surface area contributed by atoms with Gasteiger partial charge in [0.1, 0.15) is 0 Å². The summed E-state index contributed by atoms with van der Waals surface area (Å²) in [6.07, 6.45) is -1.08. The maximum absolute atomic E-state index is 12.9. The van der Waals surface area contributed by atoms with Gasteiger partial charge in [-0.1, -0.05) is 18.2 Å². The van der Waals surface area contributed by atoms with Gasteiger partial charge in [0, 0.05) is 12.1 Å². The van der Waals surface area contributed by atoms with E-state index in [-0.39, 0.29) is 30.4 Å². The van der Waals surface area contributed by atoms with E-state index in [0.29, 0.717) is 5.56 Å². The highest BCUT2D eigenvalue weighted by atomic mass is 35.5. The van der Waals surface area contributed by atoms with Crippen LogP contribution in [0.4, 0.5) is 13.2 Å². The average Bonchev–Trinajstić information content (AvgIpc) is 2.49. The van der Waals surface area contributed by atoms with Crippen LogP contribution in [0.15, 0.2) is 24.3 Å². The molecule has 3 N–H and O–H groups in total. The van der Waals surface area contributed by atoms with Crippen LogP contribution >= 0.6 is 12.4 Å². The van der Waals surface area contributed by atoms with Crippen LogP contribution in [-0.2, 0) is 16.4 Å². The Morgan fingerprint density at radius 1 is 1.12 bits per heavy atom. The van der Waals surface area contributed by atoms with Crippen LogP contribution in [0, 0.1) is 0 Å². The summed E-state index contributed by atoms with van der Waals surface area (Å²) in [4.78, 5) is 12.6. The zero-order valence-electron chi connectivity index (χ0n) is 13.8. The molecule has 0 atom stereocenters. The lowest BCUT2D eigenvalue weighted by atomic mass is 9.82. The maximum Gasteiger partial charge on any atom is 0.416 e. The largest absolute Gasteiger partial charge is 0.416 e. The van der Waals surface area contributed by atoms with Crippen molar-refractivity contribution in [2.24, 2.45) is 5.73 Å². The van der Waals surface area contributed by atoms with Crippen molar-refractivity contribution in [1.29, 1.82) is 0 Å². The Morgan fingerprint density at radius 2 is 1.67 bits per heavy atom. The molecule has 0 saturated heterocycles. The van der Waals surface area contributed by atoms with Crippen molar-refractivity contribution in [1.82, 2.24) is 5.32 Å². The summed E-state index contributed by atoms with van der Waals surface area (Å²) in [6, 6.07) is 5.20. The summed E-state index contributed by atoms with van der Waals surface area (Å²) in [5, 5.41) is 2.96. The quantitative estimate of drug-likeness (QED) is 0.857. The van der Waals surface area contributed by atoms with Crippen molar-refractivity contribution < 1.29 is 18.0 Å². The fraction of sp³-hybridized carbons (Fsp3) is 0.588. The van der Waals surface area contributed by atoms with Gasteiger partial charge < -0.3 is 11.1 Å². The summed E-state index contributed by atoms with van der Waals surface area (Å²) in [5.41, 5.74) is 4.44. The van der Waals surface area contributed by atoms with Gasteiger partial charge in [-0.05, 0) is 51.2 Å². The first-order valence-electron chi connectivity index (χ1n) is 7.85. The van der Waals surface area contributed by atoms with Crippen molar-refractivity contribution in [3.05, 3.63) is 35.4 Å². The van der Waals surface area contributed by atoms with E-state index in [2.05, 4.69) is 5.32 Å². The Labute approximate surface area is 146 Å². The van der Waals surface area contributed by atoms with E-state index in [1.54, 1.807) is 19.9 Å². The molecule has 1 saturated carbocycles. The van der Waals surface area contributed by atoms with Gasteiger partial charge in [0.05, 0.1) is 11.0 Å². The highest BCUT2D eigenvalue weighted by Gasteiger charge is 2.35. The number of rotatable bonds is 3. The molecule has 7 heteroatoms. The lowest BCUT2D eigenvalue weighted by Crippen LogP contribution is -2.47. The number of nitrogens with one attached hydrogen (secondary N) is 1. The van der Waals surface area contributed by atoms with E-state index in [1.165, 1.54) is 6.07 Å². The standard InChI is InChI=1S/C17H23F3N2O.ClH/c1-16(2,11-4-3-5-12(10-11)17(18,19)20)15(23)22-14-8-6-13(21)7-9-14;/h3-5,10,13-14H,6-9,21H2,1-2H3,(H,22,23);1H. The average molecular weight is 365 g/mol. The monoisotopic (exact) mass is 364 g/mol. The minimum absolute atomic E-state index is 0. The van der Waals surface area contributed by atoms with Crippen molar-refractivity contribution in [2.75, 3.05) is 0 Å². The number of nitrogens with two attached hydrogens (primary N) is 1. The maximum atomic E-state index is 12.9. The molecule has 1 amide bonds. The fourth-order valence-electron chi connectivity index (χ4n) is 2.84. The number of carbonyl (C=O) groups is 1. The third-order valence-electron chi connectivity index (χ3n) is 4.59. The number of halogens is 4. The smallest absolute Gasteiger partial charge is 0.353 e. The lowest BCUT2D eigenvalue weighted by Gasteiger charge is -2.31. The molecule has 0 aliphatic heterocycles. The topological polar surface area (TPSA) is 55.1 Å². The number of hydrogen-bond acceptors (Lipinski definition) is 2. The van der Waals surface area contributed by atoms with E-state index < -0.39 is 17.2 Å². The predicted octanol–water partition coefficient (Wildman–Crippen LogP) is 3.79. The van der Waals surface area contributed by atoms with Gasteiger partial charge >= 0.3 is 6.18 Å². The first kappa shape index (κ1) is 20.8. The molecule has 0 aromatic heterocycles. The highest BCUT2D eigenvalue weighted by Crippen LogP contribution is 2.33. The Bertz CT molecular complexity index is 567. The van der Waals surface area contributed by atoms with Crippen LogP contribution < -0.4 is 11.1 Å². The van der Waals surface area contributed by atoms with Crippen LogP contribution in [0.1, 0.15) is 50.7 Å². The van der Waals surface area contributed by atoms with Gasteiger partial charge in [-0.3, -0.25) is 4.79 Å². The van der Waals surface area contributed by atoms with Gasteiger partial charge in [0.15, 0.2) is 0 Å². The number of carbonyl (C=O) groups excluding carboxylic acids is 1. The Kier molecular flexibility index (Phi) is 6.70. The first-order valence-corrected chi connectivity index (χ1v) is 7.85.